The summed E-state index contributed by atoms with van der Waals surface area (Å²) in [4.78, 5) is 18.4. The number of hydrogen-bond donors (Lipinski definition) is 2. The number of carbonyl (C=O) groups is 1. The molecule has 0 spiro atoms. The Morgan fingerprint density at radius 3 is 2.90 bits per heavy atom. The van der Waals surface area contributed by atoms with Crippen LogP contribution in [0.3, 0.4) is 0 Å². The van der Waals surface area contributed by atoms with Crippen LogP contribution in [-0.4, -0.2) is 38.1 Å². The van der Waals surface area contributed by atoms with Gasteiger partial charge < -0.3 is 15.5 Å². The number of nitrogens with one attached hydrogen (secondary N) is 2. The highest BCUT2D eigenvalue weighted by Gasteiger charge is 2.22. The Hall–Kier alpha value is -1.62. The molecule has 0 saturated carbocycles. The molecule has 5 nitrogen and oxygen atoms in total. The maximum absolute atomic E-state index is 12.1. The van der Waals surface area contributed by atoms with Gasteiger partial charge in [0.25, 0.3) is 0 Å². The molecule has 2 atom stereocenters. The van der Waals surface area contributed by atoms with Crippen LogP contribution < -0.4 is 15.5 Å². The second-order valence-electron chi connectivity index (χ2n) is 6.14. The Balaban J connectivity index is 1.83. The first kappa shape index (κ1) is 15.8. The highest BCUT2D eigenvalue weighted by Crippen LogP contribution is 2.23. The predicted molar refractivity (Wildman–Crippen MR) is 86.6 cm³/mol. The first-order chi connectivity index (χ1) is 10.1. The minimum absolute atomic E-state index is 0.0764. The van der Waals surface area contributed by atoms with Crippen LogP contribution in [0.25, 0.3) is 0 Å². The van der Waals surface area contributed by atoms with Gasteiger partial charge in [-0.2, -0.15) is 0 Å². The van der Waals surface area contributed by atoms with Gasteiger partial charge in [0.05, 0.1) is 11.9 Å². The lowest BCUT2D eigenvalue weighted by Crippen LogP contribution is -2.34. The van der Waals surface area contributed by atoms with Gasteiger partial charge in [0.1, 0.15) is 5.82 Å². The molecule has 1 amide bonds. The lowest BCUT2D eigenvalue weighted by molar-refractivity contribution is -0.117. The molecule has 0 radical (unpaired) electrons. The van der Waals surface area contributed by atoms with Gasteiger partial charge in [0.15, 0.2) is 0 Å². The predicted octanol–water partition coefficient (Wildman–Crippen LogP) is 2.11. The second-order valence-corrected chi connectivity index (χ2v) is 6.14. The first-order valence-electron chi connectivity index (χ1n) is 7.70. The summed E-state index contributed by atoms with van der Waals surface area (Å²) in [5, 5.41) is 6.35. The summed E-state index contributed by atoms with van der Waals surface area (Å²) in [5.74, 6) is 1.98. The summed E-state index contributed by atoms with van der Waals surface area (Å²) < 4.78 is 0. The van der Waals surface area contributed by atoms with Crippen LogP contribution >= 0.6 is 0 Å². The van der Waals surface area contributed by atoms with Crippen LogP contribution in [0.4, 0.5) is 11.5 Å². The molecular weight excluding hydrogens is 264 g/mol. The van der Waals surface area contributed by atoms with E-state index >= 15 is 0 Å². The summed E-state index contributed by atoms with van der Waals surface area (Å²) in [5.41, 5.74) is 0.763. The summed E-state index contributed by atoms with van der Waals surface area (Å²) in [7, 11) is 3.89. The number of hydrogen-bond acceptors (Lipinski definition) is 4. The largest absolute Gasteiger partial charge is 0.363 e. The van der Waals surface area contributed by atoms with E-state index in [1.54, 1.807) is 6.20 Å². The fourth-order valence-corrected chi connectivity index (χ4v) is 2.76. The smallest absolute Gasteiger partial charge is 0.224 e. The minimum Gasteiger partial charge on any atom is -0.363 e. The molecule has 0 aliphatic carbocycles. The third kappa shape index (κ3) is 4.70. The molecule has 2 rings (SSSR count). The third-order valence-electron chi connectivity index (χ3n) is 4.14. The van der Waals surface area contributed by atoms with Crippen molar-refractivity contribution in [3.63, 3.8) is 0 Å². The first-order valence-corrected chi connectivity index (χ1v) is 7.70. The lowest BCUT2D eigenvalue weighted by atomic mass is 9.85. The molecule has 1 aliphatic heterocycles. The maximum atomic E-state index is 12.1. The zero-order valence-corrected chi connectivity index (χ0v) is 13.2. The Morgan fingerprint density at radius 1 is 1.52 bits per heavy atom. The standard InChI is InChI=1S/C16H26N4O/c1-12(13-5-4-8-17-10-13)9-16(21)19-14-6-7-15(18-11-14)20(2)3/h6-7,11-13,17H,4-5,8-10H2,1-3H3,(H,19,21). The van der Waals surface area contributed by atoms with E-state index in [1.165, 1.54) is 12.8 Å². The number of amides is 1. The molecular formula is C16H26N4O. The normalized spacial score (nSPS) is 19.9. The van der Waals surface area contributed by atoms with Crippen LogP contribution in [0, 0.1) is 11.8 Å². The summed E-state index contributed by atoms with van der Waals surface area (Å²) >= 11 is 0. The topological polar surface area (TPSA) is 57.3 Å². The molecule has 1 saturated heterocycles. The Kier molecular flexibility index (Phi) is 5.56. The fourth-order valence-electron chi connectivity index (χ4n) is 2.76. The van der Waals surface area contributed by atoms with E-state index in [0.717, 1.165) is 24.6 Å². The minimum atomic E-state index is 0.0764. The number of rotatable bonds is 5. The zero-order valence-electron chi connectivity index (χ0n) is 13.2. The molecule has 0 aromatic carbocycles. The van der Waals surface area contributed by atoms with Crippen molar-refractivity contribution in [1.29, 1.82) is 0 Å². The number of nitrogens with zero attached hydrogens (tertiary/aromatic N) is 2. The SMILES string of the molecule is CC(CC(=O)Nc1ccc(N(C)C)nc1)C1CCCNC1. The van der Waals surface area contributed by atoms with Crippen LogP contribution in [0.2, 0.25) is 0 Å². The van der Waals surface area contributed by atoms with Gasteiger partial charge in [-0.25, -0.2) is 4.98 Å². The Morgan fingerprint density at radius 2 is 2.33 bits per heavy atom. The van der Waals surface area contributed by atoms with Crippen molar-refractivity contribution in [1.82, 2.24) is 10.3 Å². The van der Waals surface area contributed by atoms with Gasteiger partial charge in [-0.3, -0.25) is 4.79 Å². The van der Waals surface area contributed by atoms with E-state index in [2.05, 4.69) is 22.5 Å². The number of piperidine rings is 1. The number of pyridine rings is 1. The maximum Gasteiger partial charge on any atom is 0.224 e. The van der Waals surface area contributed by atoms with Crippen LogP contribution in [-0.2, 0) is 4.79 Å². The van der Waals surface area contributed by atoms with E-state index in [9.17, 15) is 4.79 Å². The molecule has 1 aromatic rings. The van der Waals surface area contributed by atoms with E-state index in [1.807, 2.05) is 31.1 Å². The molecule has 2 unspecified atom stereocenters. The average molecular weight is 290 g/mol. The van der Waals surface area contributed by atoms with Crippen LogP contribution in [0.15, 0.2) is 18.3 Å². The van der Waals surface area contributed by atoms with E-state index in [4.69, 9.17) is 0 Å². The summed E-state index contributed by atoms with van der Waals surface area (Å²) in [6.07, 6.45) is 4.72. The molecule has 1 fully saturated rings. The molecule has 21 heavy (non-hydrogen) atoms. The van der Waals surface area contributed by atoms with Gasteiger partial charge in [-0.1, -0.05) is 6.92 Å². The highest BCUT2D eigenvalue weighted by molar-refractivity contribution is 5.90. The van der Waals surface area contributed by atoms with E-state index in [-0.39, 0.29) is 5.91 Å². The van der Waals surface area contributed by atoms with Gasteiger partial charge in [-0.05, 0) is 49.9 Å². The Labute approximate surface area is 127 Å². The van der Waals surface area contributed by atoms with E-state index in [0.29, 0.717) is 18.3 Å². The monoisotopic (exact) mass is 290 g/mol. The third-order valence-corrected chi connectivity index (χ3v) is 4.14. The van der Waals surface area contributed by atoms with Gasteiger partial charge in [0, 0.05) is 20.5 Å². The molecule has 2 N–H and O–H groups in total. The molecule has 5 heteroatoms. The van der Waals surface area contributed by atoms with Crippen molar-refractivity contribution in [2.75, 3.05) is 37.4 Å². The average Bonchev–Trinajstić information content (AvgIpc) is 2.48. The van der Waals surface area contributed by atoms with Crippen molar-refractivity contribution in [2.45, 2.75) is 26.2 Å². The number of aromatic nitrogens is 1. The second kappa shape index (κ2) is 7.41. The van der Waals surface area contributed by atoms with Crippen LogP contribution in [0.5, 0.6) is 0 Å². The van der Waals surface area contributed by atoms with Crippen molar-refractivity contribution in [3.05, 3.63) is 18.3 Å². The summed E-state index contributed by atoms with van der Waals surface area (Å²) in [6, 6.07) is 3.80. The molecule has 2 heterocycles. The zero-order chi connectivity index (χ0) is 15.2. The molecule has 116 valence electrons. The molecule has 1 aromatic heterocycles. The van der Waals surface area contributed by atoms with E-state index < -0.39 is 0 Å². The van der Waals surface area contributed by atoms with Crippen molar-refractivity contribution in [3.8, 4) is 0 Å². The Bertz CT molecular complexity index is 452. The van der Waals surface area contributed by atoms with Gasteiger partial charge in [-0.15, -0.1) is 0 Å². The summed E-state index contributed by atoms with van der Waals surface area (Å²) in [6.45, 7) is 4.32. The van der Waals surface area contributed by atoms with Crippen LogP contribution in [0.1, 0.15) is 26.2 Å². The van der Waals surface area contributed by atoms with Gasteiger partial charge in [0.2, 0.25) is 5.91 Å². The van der Waals surface area contributed by atoms with Crippen molar-refractivity contribution >= 4 is 17.4 Å². The van der Waals surface area contributed by atoms with Crippen molar-refractivity contribution < 1.29 is 4.79 Å². The quantitative estimate of drug-likeness (QED) is 0.872. The van der Waals surface area contributed by atoms with Gasteiger partial charge >= 0.3 is 0 Å². The lowest BCUT2D eigenvalue weighted by Gasteiger charge is -2.28. The number of anilines is 2. The number of carbonyl (C=O) groups excluding carboxylic acids is 1. The fraction of sp³-hybridized carbons (Fsp3) is 0.625. The molecule has 0 bridgehead atoms. The molecule has 1 aliphatic rings. The van der Waals surface area contributed by atoms with Crippen molar-refractivity contribution in [2.24, 2.45) is 11.8 Å². The highest BCUT2D eigenvalue weighted by atomic mass is 16.1.